The molecule has 7 nitrogen and oxygen atoms in total. The van der Waals surface area contributed by atoms with Gasteiger partial charge in [0, 0.05) is 23.6 Å². The van der Waals surface area contributed by atoms with Gasteiger partial charge in [0.1, 0.15) is 5.75 Å². The molecule has 0 radical (unpaired) electrons. The van der Waals surface area contributed by atoms with Crippen molar-refractivity contribution < 1.29 is 23.9 Å². The molecule has 0 aliphatic heterocycles. The van der Waals surface area contributed by atoms with Crippen LogP contribution in [0.1, 0.15) is 31.7 Å². The molecule has 0 fully saturated rings. The fraction of sp³-hybridized carbons (Fsp3) is 0.318. The monoisotopic (exact) mass is 432 g/mol. The first-order chi connectivity index (χ1) is 14.4. The minimum atomic E-state index is -0.542. The zero-order valence-electron chi connectivity index (χ0n) is 17.0. The summed E-state index contributed by atoms with van der Waals surface area (Å²) in [6.07, 6.45) is 1.34. The number of amides is 2. The molecule has 2 aromatic rings. The minimum absolute atomic E-state index is 0.0264. The highest BCUT2D eigenvalue weighted by atomic mass is 35.5. The minimum Gasteiger partial charge on any atom is -0.495 e. The summed E-state index contributed by atoms with van der Waals surface area (Å²) in [5.41, 5.74) is 2.26. The second kappa shape index (κ2) is 11.8. The van der Waals surface area contributed by atoms with Gasteiger partial charge in [0.2, 0.25) is 5.91 Å². The Morgan fingerprint density at radius 1 is 0.967 bits per heavy atom. The van der Waals surface area contributed by atoms with Gasteiger partial charge in [-0.15, -0.1) is 0 Å². The molecule has 8 heteroatoms. The number of carbonyl (C=O) groups excluding carboxylic acids is 3. The van der Waals surface area contributed by atoms with Crippen molar-refractivity contribution in [3.8, 4) is 5.75 Å². The summed E-state index contributed by atoms with van der Waals surface area (Å²) in [5, 5.41) is 5.83. The summed E-state index contributed by atoms with van der Waals surface area (Å²) in [4.78, 5) is 35.7. The number of benzene rings is 2. The van der Waals surface area contributed by atoms with Crippen LogP contribution in [0.5, 0.6) is 5.75 Å². The number of nitrogens with one attached hydrogen (secondary N) is 2. The molecule has 0 aliphatic rings. The van der Waals surface area contributed by atoms with E-state index in [0.717, 1.165) is 12.0 Å². The Morgan fingerprint density at radius 2 is 1.70 bits per heavy atom. The molecule has 0 atom stereocenters. The van der Waals surface area contributed by atoms with E-state index in [1.807, 2.05) is 19.1 Å². The third-order valence-electron chi connectivity index (χ3n) is 4.23. The Bertz CT molecular complexity index is 884. The normalized spacial score (nSPS) is 10.2. The molecular weight excluding hydrogens is 408 g/mol. The molecule has 0 saturated heterocycles. The largest absolute Gasteiger partial charge is 0.495 e. The summed E-state index contributed by atoms with van der Waals surface area (Å²) < 4.78 is 10.1. The Hall–Kier alpha value is -3.06. The van der Waals surface area contributed by atoms with Gasteiger partial charge in [0.25, 0.3) is 5.91 Å². The number of hydrogen-bond donors (Lipinski definition) is 2. The fourth-order valence-corrected chi connectivity index (χ4v) is 2.80. The summed E-state index contributed by atoms with van der Waals surface area (Å²) >= 11 is 5.93. The first-order valence-corrected chi connectivity index (χ1v) is 9.97. The fourth-order valence-electron chi connectivity index (χ4n) is 2.62. The molecule has 0 aliphatic carbocycles. The van der Waals surface area contributed by atoms with Crippen molar-refractivity contribution in [1.82, 2.24) is 0 Å². The van der Waals surface area contributed by atoms with E-state index in [9.17, 15) is 14.4 Å². The van der Waals surface area contributed by atoms with Crippen molar-refractivity contribution >= 4 is 40.8 Å². The number of anilines is 2. The molecule has 2 rings (SSSR count). The van der Waals surface area contributed by atoms with Crippen molar-refractivity contribution in [2.24, 2.45) is 0 Å². The van der Waals surface area contributed by atoms with Crippen molar-refractivity contribution in [1.29, 1.82) is 0 Å². The molecule has 0 unspecified atom stereocenters. The van der Waals surface area contributed by atoms with Crippen LogP contribution in [0.15, 0.2) is 42.5 Å². The average molecular weight is 433 g/mol. The molecule has 2 N–H and O–H groups in total. The number of hydrogen-bond acceptors (Lipinski definition) is 5. The van der Waals surface area contributed by atoms with Crippen LogP contribution in [0.2, 0.25) is 5.02 Å². The Kier molecular flexibility index (Phi) is 9.15. The van der Waals surface area contributed by atoms with Gasteiger partial charge in [-0.05, 0) is 48.7 Å². The van der Waals surface area contributed by atoms with E-state index in [1.54, 1.807) is 30.3 Å². The van der Waals surface area contributed by atoms with Gasteiger partial charge in [-0.3, -0.25) is 14.4 Å². The molecular formula is C22H25ClN2O5. The lowest BCUT2D eigenvalue weighted by atomic mass is 10.1. The summed E-state index contributed by atoms with van der Waals surface area (Å²) in [7, 11) is 1.49. The van der Waals surface area contributed by atoms with Crippen LogP contribution in [0.3, 0.4) is 0 Å². The molecule has 30 heavy (non-hydrogen) atoms. The number of esters is 1. The predicted molar refractivity (Wildman–Crippen MR) is 116 cm³/mol. The standard InChI is InChI=1S/C22H25ClN2O5/c1-3-15-7-10-17(11-8-15)24-21(27)14-30-22(28)6-4-5-20(26)25-18-13-16(23)9-12-19(18)29-2/h7-13H,3-6,14H2,1-2H3,(H,24,27)(H,25,26). The Morgan fingerprint density at radius 3 is 2.37 bits per heavy atom. The zero-order chi connectivity index (χ0) is 21.9. The number of halogens is 1. The van der Waals surface area contributed by atoms with Gasteiger partial charge in [0.05, 0.1) is 12.8 Å². The van der Waals surface area contributed by atoms with Crippen molar-refractivity contribution in [3.63, 3.8) is 0 Å². The van der Waals surface area contributed by atoms with Crippen LogP contribution in [0, 0.1) is 0 Å². The first-order valence-electron chi connectivity index (χ1n) is 9.59. The maximum Gasteiger partial charge on any atom is 0.306 e. The van der Waals surface area contributed by atoms with Gasteiger partial charge in [0.15, 0.2) is 6.61 Å². The molecule has 160 valence electrons. The number of methoxy groups -OCH3 is 1. The summed E-state index contributed by atoms with van der Waals surface area (Å²) in [6.45, 7) is 1.67. The highest BCUT2D eigenvalue weighted by Gasteiger charge is 2.11. The second-order valence-corrected chi connectivity index (χ2v) is 6.94. The molecule has 0 spiro atoms. The number of aryl methyl sites for hydroxylation is 1. The van der Waals surface area contributed by atoms with Crippen molar-refractivity contribution in [2.75, 3.05) is 24.4 Å². The van der Waals surface area contributed by atoms with Crippen LogP contribution >= 0.6 is 11.6 Å². The SMILES string of the molecule is CCc1ccc(NC(=O)COC(=O)CCCC(=O)Nc2cc(Cl)ccc2OC)cc1. The van der Waals surface area contributed by atoms with Crippen molar-refractivity contribution in [2.45, 2.75) is 32.6 Å². The lowest BCUT2D eigenvalue weighted by Gasteiger charge is -2.10. The third kappa shape index (κ3) is 7.75. The van der Waals surface area contributed by atoms with Crippen LogP contribution in [-0.2, 0) is 25.5 Å². The molecule has 0 bridgehead atoms. The molecule has 2 amide bonds. The van der Waals surface area contributed by atoms with Gasteiger partial charge in [-0.25, -0.2) is 0 Å². The summed E-state index contributed by atoms with van der Waals surface area (Å²) in [6, 6.07) is 12.3. The molecule has 0 saturated carbocycles. The zero-order valence-corrected chi connectivity index (χ0v) is 17.8. The van der Waals surface area contributed by atoms with Crippen LogP contribution < -0.4 is 15.4 Å². The first kappa shape index (κ1) is 23.2. The van der Waals surface area contributed by atoms with E-state index in [0.29, 0.717) is 22.1 Å². The maximum absolute atomic E-state index is 12.1. The van der Waals surface area contributed by atoms with Gasteiger partial charge in [-0.2, -0.15) is 0 Å². The van der Waals surface area contributed by atoms with E-state index >= 15 is 0 Å². The van der Waals surface area contributed by atoms with Crippen LogP contribution in [-0.4, -0.2) is 31.5 Å². The third-order valence-corrected chi connectivity index (χ3v) is 4.47. The van der Waals surface area contributed by atoms with E-state index in [1.165, 1.54) is 7.11 Å². The quantitative estimate of drug-likeness (QED) is 0.549. The van der Waals surface area contributed by atoms with Crippen LogP contribution in [0.25, 0.3) is 0 Å². The second-order valence-electron chi connectivity index (χ2n) is 6.51. The molecule has 0 heterocycles. The smallest absolute Gasteiger partial charge is 0.306 e. The van der Waals surface area contributed by atoms with Gasteiger partial charge >= 0.3 is 5.97 Å². The van der Waals surface area contributed by atoms with Gasteiger partial charge < -0.3 is 20.1 Å². The maximum atomic E-state index is 12.1. The number of ether oxygens (including phenoxy) is 2. The topological polar surface area (TPSA) is 93.7 Å². The highest BCUT2D eigenvalue weighted by Crippen LogP contribution is 2.27. The number of rotatable bonds is 10. The summed E-state index contributed by atoms with van der Waals surface area (Å²) in [5.74, 6) is -0.753. The highest BCUT2D eigenvalue weighted by molar-refractivity contribution is 6.31. The van der Waals surface area contributed by atoms with E-state index in [4.69, 9.17) is 21.1 Å². The lowest BCUT2D eigenvalue weighted by Crippen LogP contribution is -2.21. The predicted octanol–water partition coefficient (Wildman–Crippen LogP) is 4.20. The Balaban J connectivity index is 1.67. The number of carbonyl (C=O) groups is 3. The van der Waals surface area contributed by atoms with Crippen LogP contribution in [0.4, 0.5) is 11.4 Å². The van der Waals surface area contributed by atoms with E-state index in [2.05, 4.69) is 10.6 Å². The molecule has 0 aromatic heterocycles. The lowest BCUT2D eigenvalue weighted by molar-refractivity contribution is -0.147. The van der Waals surface area contributed by atoms with Gasteiger partial charge in [-0.1, -0.05) is 30.7 Å². The Labute approximate surface area is 180 Å². The van der Waals surface area contributed by atoms with E-state index < -0.39 is 11.9 Å². The average Bonchev–Trinajstić information content (AvgIpc) is 2.73. The molecule has 2 aromatic carbocycles. The van der Waals surface area contributed by atoms with E-state index in [-0.39, 0.29) is 31.8 Å². The van der Waals surface area contributed by atoms with Crippen molar-refractivity contribution in [3.05, 3.63) is 53.1 Å².